The zero-order valence-corrected chi connectivity index (χ0v) is 22.6. The van der Waals surface area contributed by atoms with E-state index in [2.05, 4.69) is 27.2 Å². The molecule has 6 nitrogen and oxygen atoms in total. The Labute approximate surface area is 234 Å². The molecule has 39 heavy (non-hydrogen) atoms. The summed E-state index contributed by atoms with van der Waals surface area (Å²) in [6.45, 7) is 1.71. The summed E-state index contributed by atoms with van der Waals surface area (Å²) in [5.74, 6) is 0.659. The highest BCUT2D eigenvalue weighted by molar-refractivity contribution is 7.25. The number of hydrogen-bond donors (Lipinski definition) is 0. The van der Waals surface area contributed by atoms with Gasteiger partial charge in [-0.2, -0.15) is 0 Å². The second kappa shape index (κ2) is 9.91. The van der Waals surface area contributed by atoms with Gasteiger partial charge >= 0.3 is 0 Å². The molecular formula is C31H24ClN5OS. The lowest BCUT2D eigenvalue weighted by atomic mass is 9.97. The largest absolute Gasteiger partial charge is 0.342 e. The number of benzene rings is 3. The molecule has 1 aliphatic rings. The Bertz CT molecular complexity index is 1860. The summed E-state index contributed by atoms with van der Waals surface area (Å²) in [5, 5.41) is 10.8. The smallest absolute Gasteiger partial charge is 0.277 e. The lowest BCUT2D eigenvalue weighted by molar-refractivity contribution is 0.563. The average Bonchev–Trinajstić information content (AvgIpc) is 3.38. The Hall–Kier alpha value is -4.07. The van der Waals surface area contributed by atoms with E-state index in [1.807, 2.05) is 72.8 Å². The number of piperidine rings is 1. The van der Waals surface area contributed by atoms with Crippen molar-refractivity contribution in [2.45, 2.75) is 19.3 Å². The van der Waals surface area contributed by atoms with Crippen molar-refractivity contribution in [1.29, 1.82) is 0 Å². The SMILES string of the molecule is O=c1c2sc3nnc(-c4ccccc4)c(-c4ccccc4)c3c2nc(N2CCCCC2)n1-c1ccc(Cl)cc1. The zero-order valence-electron chi connectivity index (χ0n) is 21.0. The molecule has 0 saturated carbocycles. The molecule has 7 rings (SSSR count). The van der Waals surface area contributed by atoms with Crippen molar-refractivity contribution >= 4 is 49.3 Å². The van der Waals surface area contributed by atoms with Crippen molar-refractivity contribution in [1.82, 2.24) is 19.7 Å². The molecule has 192 valence electrons. The highest BCUT2D eigenvalue weighted by Crippen LogP contribution is 2.42. The predicted molar refractivity (Wildman–Crippen MR) is 160 cm³/mol. The molecule has 0 unspecified atom stereocenters. The molecule has 0 aliphatic carbocycles. The highest BCUT2D eigenvalue weighted by atomic mass is 35.5. The molecule has 1 saturated heterocycles. The lowest BCUT2D eigenvalue weighted by Crippen LogP contribution is -2.35. The van der Waals surface area contributed by atoms with Crippen molar-refractivity contribution in [3.63, 3.8) is 0 Å². The highest BCUT2D eigenvalue weighted by Gasteiger charge is 2.26. The van der Waals surface area contributed by atoms with Gasteiger partial charge in [-0.25, -0.2) is 9.55 Å². The van der Waals surface area contributed by atoms with Crippen LogP contribution >= 0.6 is 22.9 Å². The van der Waals surface area contributed by atoms with Crippen LogP contribution < -0.4 is 10.5 Å². The molecule has 0 radical (unpaired) electrons. The van der Waals surface area contributed by atoms with Crippen LogP contribution in [0.4, 0.5) is 5.95 Å². The molecule has 0 amide bonds. The summed E-state index contributed by atoms with van der Waals surface area (Å²) in [6, 6.07) is 27.6. The van der Waals surface area contributed by atoms with E-state index in [-0.39, 0.29) is 5.56 Å². The zero-order chi connectivity index (χ0) is 26.3. The fourth-order valence-electron chi connectivity index (χ4n) is 5.38. The minimum Gasteiger partial charge on any atom is -0.342 e. The van der Waals surface area contributed by atoms with Gasteiger partial charge in [0.25, 0.3) is 5.56 Å². The van der Waals surface area contributed by atoms with Crippen LogP contribution in [-0.4, -0.2) is 32.8 Å². The Kier molecular flexibility index (Phi) is 6.10. The second-order valence-corrected chi connectivity index (χ2v) is 11.1. The molecule has 1 aliphatic heterocycles. The molecule has 0 atom stereocenters. The summed E-state index contributed by atoms with van der Waals surface area (Å²) in [5.41, 5.74) is 5.02. The van der Waals surface area contributed by atoms with Gasteiger partial charge in [0.15, 0.2) is 0 Å². The maximum Gasteiger partial charge on any atom is 0.277 e. The fraction of sp³-hybridized carbons (Fsp3) is 0.161. The molecule has 1 fully saturated rings. The summed E-state index contributed by atoms with van der Waals surface area (Å²) < 4.78 is 2.30. The van der Waals surface area contributed by atoms with Crippen LogP contribution in [0.3, 0.4) is 0 Å². The topological polar surface area (TPSA) is 63.9 Å². The standard InChI is InChI=1S/C31H24ClN5OS/c32-22-14-16-23(17-15-22)37-30(38)28-27(33-31(37)36-18-8-3-9-19-36)25-24(20-10-4-1-5-11-20)26(34-35-29(25)39-28)21-12-6-2-7-13-21/h1-2,4-7,10-17H,3,8-9,18-19H2. The molecule has 0 spiro atoms. The van der Waals surface area contributed by atoms with E-state index in [4.69, 9.17) is 16.6 Å². The van der Waals surface area contributed by atoms with Gasteiger partial charge in [-0.15, -0.1) is 21.5 Å². The molecule has 8 heteroatoms. The third kappa shape index (κ3) is 4.18. The maximum absolute atomic E-state index is 14.3. The van der Waals surface area contributed by atoms with Crippen LogP contribution in [0.2, 0.25) is 5.02 Å². The number of rotatable bonds is 4. The molecule has 3 aromatic carbocycles. The Balaban J connectivity index is 1.59. The van der Waals surface area contributed by atoms with Crippen LogP contribution in [0.25, 0.3) is 48.5 Å². The molecule has 3 aromatic heterocycles. The van der Waals surface area contributed by atoms with E-state index in [1.165, 1.54) is 17.8 Å². The first-order valence-electron chi connectivity index (χ1n) is 13.1. The number of hydrogen-bond acceptors (Lipinski definition) is 6. The number of aromatic nitrogens is 4. The molecule has 4 heterocycles. The maximum atomic E-state index is 14.3. The van der Waals surface area contributed by atoms with E-state index in [9.17, 15) is 4.79 Å². The first-order chi connectivity index (χ1) is 19.2. The molecular weight excluding hydrogens is 526 g/mol. The predicted octanol–water partition coefficient (Wildman–Crippen LogP) is 7.37. The van der Waals surface area contributed by atoms with Gasteiger partial charge in [-0.3, -0.25) is 4.79 Å². The summed E-state index contributed by atoms with van der Waals surface area (Å²) in [4.78, 5) is 22.5. The fourth-order valence-corrected chi connectivity index (χ4v) is 6.50. The minimum atomic E-state index is -0.105. The van der Waals surface area contributed by atoms with Gasteiger partial charge in [0.2, 0.25) is 5.95 Å². The number of fused-ring (bicyclic) bond motifs is 3. The number of thiophene rings is 1. The number of anilines is 1. The summed E-state index contributed by atoms with van der Waals surface area (Å²) in [6.07, 6.45) is 3.31. The average molecular weight is 550 g/mol. The Morgan fingerprint density at radius 3 is 2.13 bits per heavy atom. The third-order valence-corrected chi connectivity index (χ3v) is 8.54. The molecule has 0 N–H and O–H groups in total. The van der Waals surface area contributed by atoms with Crippen molar-refractivity contribution < 1.29 is 0 Å². The Morgan fingerprint density at radius 1 is 0.769 bits per heavy atom. The van der Waals surface area contributed by atoms with Gasteiger partial charge in [0.1, 0.15) is 20.7 Å². The van der Waals surface area contributed by atoms with Crippen LogP contribution in [0.5, 0.6) is 0 Å². The van der Waals surface area contributed by atoms with E-state index in [0.717, 1.165) is 59.4 Å². The van der Waals surface area contributed by atoms with E-state index < -0.39 is 0 Å². The van der Waals surface area contributed by atoms with Crippen LogP contribution in [0.1, 0.15) is 19.3 Å². The number of halogens is 1. The van der Waals surface area contributed by atoms with Crippen LogP contribution in [0.15, 0.2) is 89.7 Å². The van der Waals surface area contributed by atoms with E-state index >= 15 is 0 Å². The van der Waals surface area contributed by atoms with Crippen LogP contribution in [0, 0.1) is 0 Å². The minimum absolute atomic E-state index is 0.105. The first-order valence-corrected chi connectivity index (χ1v) is 14.3. The van der Waals surface area contributed by atoms with Gasteiger partial charge in [-0.1, -0.05) is 72.3 Å². The van der Waals surface area contributed by atoms with Crippen molar-refractivity contribution in [3.8, 4) is 28.1 Å². The summed E-state index contributed by atoms with van der Waals surface area (Å²) >= 11 is 7.54. The Morgan fingerprint density at radius 2 is 1.44 bits per heavy atom. The third-order valence-electron chi connectivity index (χ3n) is 7.23. The normalized spacial score (nSPS) is 13.8. The lowest BCUT2D eigenvalue weighted by Gasteiger charge is -2.29. The second-order valence-electron chi connectivity index (χ2n) is 9.69. The molecule has 6 aromatic rings. The van der Waals surface area contributed by atoms with Gasteiger partial charge in [0, 0.05) is 34.6 Å². The van der Waals surface area contributed by atoms with E-state index in [1.54, 1.807) is 4.57 Å². The number of nitrogens with zero attached hydrogens (tertiary/aromatic N) is 5. The first kappa shape index (κ1) is 24.0. The van der Waals surface area contributed by atoms with Gasteiger partial charge in [-0.05, 0) is 49.1 Å². The van der Waals surface area contributed by atoms with E-state index in [0.29, 0.717) is 26.0 Å². The van der Waals surface area contributed by atoms with Crippen molar-refractivity contribution in [2.75, 3.05) is 18.0 Å². The van der Waals surface area contributed by atoms with Crippen LogP contribution in [-0.2, 0) is 0 Å². The van der Waals surface area contributed by atoms with Gasteiger partial charge in [0.05, 0.1) is 5.69 Å². The quantitative estimate of drug-likeness (QED) is 0.230. The summed E-state index contributed by atoms with van der Waals surface area (Å²) in [7, 11) is 0. The monoisotopic (exact) mass is 549 g/mol. The van der Waals surface area contributed by atoms with Crippen molar-refractivity contribution in [3.05, 3.63) is 100 Å². The molecule has 0 bridgehead atoms. The van der Waals surface area contributed by atoms with Crippen molar-refractivity contribution in [2.24, 2.45) is 0 Å². The van der Waals surface area contributed by atoms with Gasteiger partial charge < -0.3 is 4.90 Å².